The second-order valence-electron chi connectivity index (χ2n) is 8.13. The highest BCUT2D eigenvalue weighted by Gasteiger charge is 2.35. The molecule has 1 aliphatic carbocycles. The van der Waals surface area contributed by atoms with E-state index in [0.29, 0.717) is 12.1 Å². The summed E-state index contributed by atoms with van der Waals surface area (Å²) in [6, 6.07) is 10.3. The van der Waals surface area contributed by atoms with Crippen LogP contribution in [0.5, 0.6) is 0 Å². The quantitative estimate of drug-likeness (QED) is 0.416. The van der Waals surface area contributed by atoms with Crippen molar-refractivity contribution in [2.75, 3.05) is 0 Å². The number of furan rings is 1. The van der Waals surface area contributed by atoms with Crippen LogP contribution in [-0.4, -0.2) is 31.6 Å². The van der Waals surface area contributed by atoms with Crippen molar-refractivity contribution in [2.24, 2.45) is 0 Å². The summed E-state index contributed by atoms with van der Waals surface area (Å²) >= 11 is 1.69. The average molecular weight is 421 g/mol. The highest BCUT2D eigenvalue weighted by atomic mass is 32.1. The van der Waals surface area contributed by atoms with Crippen LogP contribution in [0.2, 0.25) is 0 Å². The molecule has 4 aromatic heterocycles. The summed E-state index contributed by atoms with van der Waals surface area (Å²) in [6.45, 7) is 6.71. The lowest BCUT2D eigenvalue weighted by atomic mass is 10.1. The van der Waals surface area contributed by atoms with E-state index in [-0.39, 0.29) is 18.0 Å². The predicted molar refractivity (Wildman–Crippen MR) is 118 cm³/mol. The first-order valence-electron chi connectivity index (χ1n) is 10.3. The largest absolute Gasteiger partial charge is 0.467 e. The van der Waals surface area contributed by atoms with Crippen LogP contribution in [0.25, 0.3) is 21.6 Å². The lowest BCUT2D eigenvalue weighted by Crippen LogP contribution is -2.32. The monoisotopic (exact) mass is 420 g/mol. The number of nitrogens with zero attached hydrogens (tertiary/aromatic N) is 4. The summed E-state index contributed by atoms with van der Waals surface area (Å²) in [5, 5.41) is 5.34. The van der Waals surface area contributed by atoms with Gasteiger partial charge in [0.2, 0.25) is 0 Å². The minimum Gasteiger partial charge on any atom is -0.467 e. The van der Waals surface area contributed by atoms with Gasteiger partial charge in [0.25, 0.3) is 5.91 Å². The van der Waals surface area contributed by atoms with Crippen LogP contribution in [0.1, 0.15) is 53.7 Å². The van der Waals surface area contributed by atoms with Crippen LogP contribution in [0.4, 0.5) is 0 Å². The molecule has 0 spiro atoms. The molecule has 0 bridgehead atoms. The molecule has 0 saturated heterocycles. The van der Waals surface area contributed by atoms with Crippen LogP contribution < -0.4 is 0 Å². The van der Waals surface area contributed by atoms with E-state index in [0.717, 1.165) is 40.2 Å². The van der Waals surface area contributed by atoms with E-state index in [4.69, 9.17) is 9.40 Å². The first-order valence-corrected chi connectivity index (χ1v) is 11.1. The molecule has 6 nitrogen and oxygen atoms in total. The van der Waals surface area contributed by atoms with Gasteiger partial charge >= 0.3 is 0 Å². The number of hydrogen-bond donors (Lipinski definition) is 0. The fraction of sp³-hybridized carbons (Fsp3) is 0.348. The fourth-order valence-electron chi connectivity index (χ4n) is 3.75. The third kappa shape index (κ3) is 3.43. The number of pyridine rings is 1. The van der Waals surface area contributed by atoms with E-state index in [2.05, 4.69) is 38.0 Å². The number of thiophene rings is 1. The molecule has 30 heavy (non-hydrogen) atoms. The minimum atomic E-state index is 0.0131. The molecule has 0 unspecified atom stereocenters. The van der Waals surface area contributed by atoms with Crippen molar-refractivity contribution >= 4 is 28.3 Å². The molecule has 1 fully saturated rings. The second-order valence-corrected chi connectivity index (χ2v) is 9.42. The van der Waals surface area contributed by atoms with Gasteiger partial charge in [-0.25, -0.2) is 9.67 Å². The molecular weight excluding hydrogens is 396 g/mol. The average Bonchev–Trinajstić information content (AvgIpc) is 3.10. The molecule has 4 heterocycles. The van der Waals surface area contributed by atoms with E-state index in [1.165, 1.54) is 4.88 Å². The van der Waals surface area contributed by atoms with Crippen LogP contribution in [0.3, 0.4) is 0 Å². The summed E-state index contributed by atoms with van der Waals surface area (Å²) in [4.78, 5) is 22.9. The number of aryl methyl sites for hydroxylation is 1. The van der Waals surface area contributed by atoms with Crippen LogP contribution in [0.15, 0.2) is 47.2 Å². The number of carbonyl (C=O) groups excluding carboxylic acids is 1. The van der Waals surface area contributed by atoms with Gasteiger partial charge in [-0.3, -0.25) is 4.79 Å². The third-order valence-corrected chi connectivity index (χ3v) is 6.46. The molecule has 5 rings (SSSR count). The smallest absolute Gasteiger partial charge is 0.255 e. The lowest BCUT2D eigenvalue weighted by Gasteiger charge is -2.22. The number of hydrogen-bond acceptors (Lipinski definition) is 5. The molecule has 1 aliphatic rings. The van der Waals surface area contributed by atoms with Gasteiger partial charge in [-0.2, -0.15) is 5.10 Å². The number of fused-ring (bicyclic) bond motifs is 1. The summed E-state index contributed by atoms with van der Waals surface area (Å²) in [6.07, 6.45) is 5.49. The Labute approximate surface area is 179 Å². The SMILES string of the molecule is Cc1ccc(-c2cc(C(=O)N(Cc3ccco3)C3CC3)c3cnn(C(C)C)c3n2)s1. The van der Waals surface area contributed by atoms with Gasteiger partial charge in [0.1, 0.15) is 5.76 Å². The summed E-state index contributed by atoms with van der Waals surface area (Å²) in [5.41, 5.74) is 2.23. The second kappa shape index (κ2) is 7.40. The van der Waals surface area contributed by atoms with E-state index < -0.39 is 0 Å². The van der Waals surface area contributed by atoms with E-state index in [9.17, 15) is 4.79 Å². The highest BCUT2D eigenvalue weighted by molar-refractivity contribution is 7.15. The molecule has 1 saturated carbocycles. The fourth-order valence-corrected chi connectivity index (χ4v) is 4.58. The Kier molecular flexibility index (Phi) is 4.70. The number of aromatic nitrogens is 3. The van der Waals surface area contributed by atoms with Crippen LogP contribution in [0, 0.1) is 6.92 Å². The van der Waals surface area contributed by atoms with Crippen molar-refractivity contribution in [3.8, 4) is 10.6 Å². The maximum Gasteiger partial charge on any atom is 0.255 e. The number of carbonyl (C=O) groups is 1. The van der Waals surface area contributed by atoms with Crippen molar-refractivity contribution in [3.63, 3.8) is 0 Å². The van der Waals surface area contributed by atoms with Gasteiger partial charge in [0.05, 0.1) is 40.5 Å². The van der Waals surface area contributed by atoms with Gasteiger partial charge in [-0.05, 0) is 63.9 Å². The lowest BCUT2D eigenvalue weighted by molar-refractivity contribution is 0.0719. The Morgan fingerprint density at radius 1 is 1.33 bits per heavy atom. The van der Waals surface area contributed by atoms with Gasteiger partial charge in [0.15, 0.2) is 5.65 Å². The normalized spacial score (nSPS) is 14.0. The molecule has 0 aromatic carbocycles. The zero-order chi connectivity index (χ0) is 20.8. The third-order valence-electron chi connectivity index (χ3n) is 5.43. The predicted octanol–water partition coefficient (Wildman–Crippen LogP) is 5.45. The topological polar surface area (TPSA) is 64.2 Å². The summed E-state index contributed by atoms with van der Waals surface area (Å²) in [7, 11) is 0. The molecule has 1 amide bonds. The van der Waals surface area contributed by atoms with Crippen molar-refractivity contribution in [3.05, 3.63) is 59.0 Å². The number of amides is 1. The summed E-state index contributed by atoms with van der Waals surface area (Å²) < 4.78 is 7.42. The van der Waals surface area contributed by atoms with Crippen molar-refractivity contribution in [1.82, 2.24) is 19.7 Å². The molecule has 0 radical (unpaired) electrons. The Morgan fingerprint density at radius 3 is 2.80 bits per heavy atom. The highest BCUT2D eigenvalue weighted by Crippen LogP contribution is 2.34. The minimum absolute atomic E-state index is 0.0131. The molecular formula is C23H24N4O2S. The van der Waals surface area contributed by atoms with E-state index >= 15 is 0 Å². The van der Waals surface area contributed by atoms with Gasteiger partial charge in [-0.1, -0.05) is 0 Å². The number of rotatable bonds is 6. The zero-order valence-corrected chi connectivity index (χ0v) is 18.1. The van der Waals surface area contributed by atoms with Gasteiger partial charge < -0.3 is 9.32 Å². The molecule has 154 valence electrons. The molecule has 0 atom stereocenters. The standard InChI is InChI=1S/C23H24N4O2S/c1-14(2)27-22-19(12-24-27)18(11-20(25-22)21-9-6-15(3)30-21)23(28)26(16-7-8-16)13-17-5-4-10-29-17/h4-6,9-12,14,16H,7-8,13H2,1-3H3. The maximum absolute atomic E-state index is 13.8. The Morgan fingerprint density at radius 2 is 2.17 bits per heavy atom. The van der Waals surface area contributed by atoms with E-state index in [1.807, 2.05) is 27.8 Å². The van der Waals surface area contributed by atoms with Crippen molar-refractivity contribution < 1.29 is 9.21 Å². The van der Waals surface area contributed by atoms with Gasteiger partial charge in [-0.15, -0.1) is 11.3 Å². The zero-order valence-electron chi connectivity index (χ0n) is 17.3. The Bertz CT molecular complexity index is 1200. The molecule has 7 heteroatoms. The Balaban J connectivity index is 1.63. The maximum atomic E-state index is 13.8. The van der Waals surface area contributed by atoms with Crippen molar-refractivity contribution in [1.29, 1.82) is 0 Å². The first-order chi connectivity index (χ1) is 14.5. The summed E-state index contributed by atoms with van der Waals surface area (Å²) in [5.74, 6) is 0.812. The van der Waals surface area contributed by atoms with Crippen LogP contribution in [-0.2, 0) is 6.54 Å². The molecule has 4 aromatic rings. The molecule has 0 aliphatic heterocycles. The van der Waals surface area contributed by atoms with Gasteiger partial charge in [0, 0.05) is 17.0 Å². The Hall–Kier alpha value is -2.93. The van der Waals surface area contributed by atoms with Crippen LogP contribution >= 0.6 is 11.3 Å². The molecule has 0 N–H and O–H groups in total. The van der Waals surface area contributed by atoms with Crippen molar-refractivity contribution in [2.45, 2.75) is 52.2 Å². The first kappa shape index (κ1) is 19.1. The van der Waals surface area contributed by atoms with E-state index in [1.54, 1.807) is 23.8 Å².